The molecule has 2 aromatic carbocycles. The minimum Gasteiger partial charge on any atom is -0.492 e. The lowest BCUT2D eigenvalue weighted by atomic mass is 9.95. The average Bonchev–Trinajstić information content (AvgIpc) is 2.72. The minimum absolute atomic E-state index is 0.287. The minimum atomic E-state index is -0.936. The molecule has 0 heterocycles. The van der Waals surface area contributed by atoms with E-state index in [0.29, 0.717) is 32.3 Å². The molecule has 3 rings (SSSR count). The van der Waals surface area contributed by atoms with Gasteiger partial charge in [-0.1, -0.05) is 32.1 Å². The molecule has 0 unspecified atom stereocenters. The third-order valence-electron chi connectivity index (χ3n) is 5.67. The molecule has 0 radical (unpaired) electrons. The van der Waals surface area contributed by atoms with Gasteiger partial charge >= 0.3 is 0 Å². The molecule has 0 amide bonds. The topological polar surface area (TPSA) is 21.7 Å². The summed E-state index contributed by atoms with van der Waals surface area (Å²) in [5.41, 5.74) is 0. The smallest absolute Gasteiger partial charge is 0.162 e. The standard InChI is InChI=1S/C24H29F4NO2/c25-21-10-8-19(16-23(21)27)30-14-12-29(18-6-4-2-1-3-5-7-18)13-15-31-20-9-11-22(26)24(28)17-20/h8-11,16-18H,1-7,12-15H2. The van der Waals surface area contributed by atoms with Crippen LogP contribution < -0.4 is 9.47 Å². The fourth-order valence-corrected chi connectivity index (χ4v) is 3.97. The third-order valence-corrected chi connectivity index (χ3v) is 5.67. The Balaban J connectivity index is 1.56. The van der Waals surface area contributed by atoms with Gasteiger partial charge in [-0.25, -0.2) is 17.6 Å². The highest BCUT2D eigenvalue weighted by Crippen LogP contribution is 2.22. The van der Waals surface area contributed by atoms with E-state index in [1.165, 1.54) is 31.4 Å². The van der Waals surface area contributed by atoms with Gasteiger partial charge < -0.3 is 9.47 Å². The zero-order valence-electron chi connectivity index (χ0n) is 17.6. The number of benzene rings is 2. The summed E-state index contributed by atoms with van der Waals surface area (Å²) in [6.45, 7) is 1.86. The summed E-state index contributed by atoms with van der Waals surface area (Å²) in [7, 11) is 0. The Morgan fingerprint density at radius 3 is 1.55 bits per heavy atom. The highest BCUT2D eigenvalue weighted by Gasteiger charge is 2.20. The number of nitrogens with zero attached hydrogens (tertiary/aromatic N) is 1. The van der Waals surface area contributed by atoms with Crippen LogP contribution in [0.25, 0.3) is 0 Å². The first-order chi connectivity index (χ1) is 15.0. The molecule has 0 aliphatic heterocycles. The second kappa shape index (κ2) is 11.9. The first-order valence-corrected chi connectivity index (χ1v) is 10.9. The zero-order valence-corrected chi connectivity index (χ0v) is 17.6. The third kappa shape index (κ3) is 7.42. The number of hydrogen-bond donors (Lipinski definition) is 0. The van der Waals surface area contributed by atoms with Gasteiger partial charge in [-0.05, 0) is 37.1 Å². The van der Waals surface area contributed by atoms with Crippen molar-refractivity contribution < 1.29 is 27.0 Å². The largest absolute Gasteiger partial charge is 0.492 e. The van der Waals surface area contributed by atoms with Crippen molar-refractivity contribution in [2.45, 2.75) is 51.0 Å². The Hall–Kier alpha value is -2.28. The Morgan fingerprint density at radius 2 is 1.10 bits per heavy atom. The van der Waals surface area contributed by atoms with E-state index in [4.69, 9.17) is 9.47 Å². The molecule has 1 aliphatic carbocycles. The van der Waals surface area contributed by atoms with Gasteiger partial charge in [0, 0.05) is 31.3 Å². The van der Waals surface area contributed by atoms with Gasteiger partial charge in [-0.2, -0.15) is 0 Å². The molecule has 1 fully saturated rings. The van der Waals surface area contributed by atoms with E-state index in [1.54, 1.807) is 0 Å². The molecular formula is C24H29F4NO2. The zero-order chi connectivity index (χ0) is 22.1. The molecule has 170 valence electrons. The summed E-state index contributed by atoms with van der Waals surface area (Å²) in [5.74, 6) is -3.11. The Morgan fingerprint density at radius 1 is 0.645 bits per heavy atom. The van der Waals surface area contributed by atoms with Gasteiger partial charge in [0.2, 0.25) is 0 Å². The van der Waals surface area contributed by atoms with Gasteiger partial charge in [0.1, 0.15) is 24.7 Å². The predicted molar refractivity (Wildman–Crippen MR) is 111 cm³/mol. The van der Waals surface area contributed by atoms with Crippen LogP contribution in [0.15, 0.2) is 36.4 Å². The first-order valence-electron chi connectivity index (χ1n) is 10.9. The van der Waals surface area contributed by atoms with Crippen LogP contribution in [-0.4, -0.2) is 37.2 Å². The fraction of sp³-hybridized carbons (Fsp3) is 0.500. The maximum atomic E-state index is 13.4. The van der Waals surface area contributed by atoms with E-state index in [-0.39, 0.29) is 11.5 Å². The number of hydrogen-bond acceptors (Lipinski definition) is 3. The average molecular weight is 439 g/mol. The fourth-order valence-electron chi connectivity index (χ4n) is 3.97. The Kier molecular flexibility index (Phi) is 9.00. The highest BCUT2D eigenvalue weighted by molar-refractivity contribution is 5.24. The summed E-state index contributed by atoms with van der Waals surface area (Å²) >= 11 is 0. The quantitative estimate of drug-likeness (QED) is 0.440. The van der Waals surface area contributed by atoms with Crippen LogP contribution in [0.5, 0.6) is 11.5 Å². The van der Waals surface area contributed by atoms with Gasteiger partial charge in [-0.15, -0.1) is 0 Å². The maximum absolute atomic E-state index is 13.4. The summed E-state index contributed by atoms with van der Waals surface area (Å²) in [6, 6.07) is 7.38. The maximum Gasteiger partial charge on any atom is 0.162 e. The van der Waals surface area contributed by atoms with Crippen molar-refractivity contribution in [3.63, 3.8) is 0 Å². The van der Waals surface area contributed by atoms with Crippen LogP contribution in [0, 0.1) is 23.3 Å². The van der Waals surface area contributed by atoms with Crippen LogP contribution in [-0.2, 0) is 0 Å². The SMILES string of the molecule is Fc1ccc(OCCN(CCOc2ccc(F)c(F)c2)C2CCCCCCC2)cc1F. The van der Waals surface area contributed by atoms with E-state index in [2.05, 4.69) is 4.90 Å². The van der Waals surface area contributed by atoms with Crippen LogP contribution in [0.3, 0.4) is 0 Å². The van der Waals surface area contributed by atoms with Crippen LogP contribution in [0.2, 0.25) is 0 Å². The predicted octanol–water partition coefficient (Wildman–Crippen LogP) is 6.12. The lowest BCUT2D eigenvalue weighted by Crippen LogP contribution is -2.41. The van der Waals surface area contributed by atoms with Gasteiger partial charge in [0.15, 0.2) is 23.3 Å². The van der Waals surface area contributed by atoms with Crippen LogP contribution >= 0.6 is 0 Å². The number of rotatable bonds is 9. The van der Waals surface area contributed by atoms with E-state index >= 15 is 0 Å². The normalized spacial score (nSPS) is 15.5. The molecule has 0 aromatic heterocycles. The summed E-state index contributed by atoms with van der Waals surface area (Å²) < 4.78 is 64.2. The monoisotopic (exact) mass is 439 g/mol. The van der Waals surface area contributed by atoms with E-state index in [1.807, 2.05) is 0 Å². The number of ether oxygens (including phenoxy) is 2. The van der Waals surface area contributed by atoms with E-state index in [9.17, 15) is 17.6 Å². The van der Waals surface area contributed by atoms with Crippen molar-refractivity contribution in [1.82, 2.24) is 4.90 Å². The molecule has 2 aromatic rings. The van der Waals surface area contributed by atoms with Gasteiger partial charge in [0.25, 0.3) is 0 Å². The molecule has 1 saturated carbocycles. The molecule has 7 heteroatoms. The highest BCUT2D eigenvalue weighted by atomic mass is 19.2. The second-order valence-corrected chi connectivity index (χ2v) is 7.88. The summed E-state index contributed by atoms with van der Waals surface area (Å²) in [5, 5.41) is 0. The molecule has 31 heavy (non-hydrogen) atoms. The van der Waals surface area contributed by atoms with Crippen molar-refractivity contribution in [1.29, 1.82) is 0 Å². The number of halogens is 4. The van der Waals surface area contributed by atoms with Crippen molar-refractivity contribution in [2.24, 2.45) is 0 Å². The van der Waals surface area contributed by atoms with Crippen molar-refractivity contribution >= 4 is 0 Å². The van der Waals surface area contributed by atoms with E-state index < -0.39 is 23.3 Å². The molecule has 0 bridgehead atoms. The Bertz CT molecular complexity index is 768. The van der Waals surface area contributed by atoms with Crippen molar-refractivity contribution in [2.75, 3.05) is 26.3 Å². The van der Waals surface area contributed by atoms with Crippen LogP contribution in [0.4, 0.5) is 17.6 Å². The van der Waals surface area contributed by atoms with Gasteiger partial charge in [0.05, 0.1) is 0 Å². The Labute approximate surface area is 181 Å². The lowest BCUT2D eigenvalue weighted by Gasteiger charge is -2.33. The molecule has 3 nitrogen and oxygen atoms in total. The molecular weight excluding hydrogens is 410 g/mol. The van der Waals surface area contributed by atoms with Crippen molar-refractivity contribution in [3.8, 4) is 11.5 Å². The lowest BCUT2D eigenvalue weighted by molar-refractivity contribution is 0.117. The van der Waals surface area contributed by atoms with Crippen LogP contribution in [0.1, 0.15) is 44.9 Å². The molecule has 0 atom stereocenters. The van der Waals surface area contributed by atoms with Crippen molar-refractivity contribution in [3.05, 3.63) is 59.7 Å². The molecule has 1 aliphatic rings. The van der Waals surface area contributed by atoms with E-state index in [0.717, 1.165) is 49.9 Å². The molecule has 0 spiro atoms. The van der Waals surface area contributed by atoms with Gasteiger partial charge in [-0.3, -0.25) is 4.90 Å². The molecule has 0 N–H and O–H groups in total. The second-order valence-electron chi connectivity index (χ2n) is 7.88. The summed E-state index contributed by atoms with van der Waals surface area (Å²) in [6.07, 6.45) is 8.20. The first kappa shape index (κ1) is 23.4. The summed E-state index contributed by atoms with van der Waals surface area (Å²) in [4.78, 5) is 2.28. The molecule has 0 saturated heterocycles.